The molecule has 0 bridgehead atoms. The number of hydrogen-bond donors (Lipinski definition) is 1. The molecule has 0 unspecified atom stereocenters. The normalized spacial score (nSPS) is 18.2. The van der Waals surface area contributed by atoms with Gasteiger partial charge < -0.3 is 10.1 Å². The van der Waals surface area contributed by atoms with Crippen molar-refractivity contribution in [3.05, 3.63) is 35.8 Å². The van der Waals surface area contributed by atoms with E-state index in [0.717, 1.165) is 0 Å². The first-order valence-corrected chi connectivity index (χ1v) is 10.3. The fraction of sp³-hybridized carbons (Fsp3) is 0.375. The molecule has 0 spiro atoms. The summed E-state index contributed by atoms with van der Waals surface area (Å²) in [5.41, 5.74) is 0. The average Bonchev–Trinajstić information content (AvgIpc) is 3.27. The predicted octanol–water partition coefficient (Wildman–Crippen LogP) is 2.33. The second-order valence-electron chi connectivity index (χ2n) is 5.50. The van der Waals surface area contributed by atoms with Crippen LogP contribution in [0.3, 0.4) is 0 Å². The van der Waals surface area contributed by atoms with E-state index in [1.54, 1.807) is 23.7 Å². The molecule has 1 aliphatic rings. The van der Waals surface area contributed by atoms with Crippen LogP contribution >= 0.6 is 11.3 Å². The molecule has 0 aliphatic carbocycles. The number of nitrogens with one attached hydrogen (secondary N) is 1. The molecule has 3 rings (SSSR count). The number of hydrogen-bond acceptors (Lipinski definition) is 6. The van der Waals surface area contributed by atoms with Gasteiger partial charge >= 0.3 is 0 Å². The molecule has 1 fully saturated rings. The second-order valence-corrected chi connectivity index (χ2v) is 8.29. The minimum atomic E-state index is -3.74. The molecule has 1 N–H and O–H groups in total. The fourth-order valence-electron chi connectivity index (χ4n) is 2.77. The van der Waals surface area contributed by atoms with Crippen molar-refractivity contribution < 1.29 is 17.9 Å². The molecule has 134 valence electrons. The maximum absolute atomic E-state index is 12.9. The van der Waals surface area contributed by atoms with Crippen LogP contribution in [0, 0.1) is 0 Å². The maximum Gasteiger partial charge on any atom is 0.244 e. The summed E-state index contributed by atoms with van der Waals surface area (Å²) in [6, 6.07) is 5.54. The van der Waals surface area contributed by atoms with Crippen molar-refractivity contribution in [3.8, 4) is 5.75 Å². The topological polar surface area (TPSA) is 88.6 Å². The lowest BCUT2D eigenvalue weighted by atomic mass is 10.2. The highest BCUT2D eigenvalue weighted by Crippen LogP contribution is 2.28. The van der Waals surface area contributed by atoms with Crippen molar-refractivity contribution in [2.75, 3.05) is 18.5 Å². The van der Waals surface area contributed by atoms with Gasteiger partial charge in [0, 0.05) is 18.1 Å². The summed E-state index contributed by atoms with van der Waals surface area (Å²) < 4.78 is 32.4. The third-order valence-electron chi connectivity index (χ3n) is 3.91. The van der Waals surface area contributed by atoms with E-state index in [9.17, 15) is 13.2 Å². The number of amides is 1. The van der Waals surface area contributed by atoms with E-state index < -0.39 is 16.1 Å². The van der Waals surface area contributed by atoms with Crippen LogP contribution in [0.5, 0.6) is 5.75 Å². The number of benzene rings is 1. The van der Waals surface area contributed by atoms with Gasteiger partial charge in [0.15, 0.2) is 5.13 Å². The number of aromatic nitrogens is 1. The van der Waals surface area contributed by atoms with Crippen LogP contribution in [0.4, 0.5) is 5.13 Å². The van der Waals surface area contributed by atoms with Crippen LogP contribution in [0.25, 0.3) is 0 Å². The van der Waals surface area contributed by atoms with E-state index >= 15 is 0 Å². The summed E-state index contributed by atoms with van der Waals surface area (Å²) in [6.45, 7) is 2.70. The minimum Gasteiger partial charge on any atom is -0.494 e. The number of carbonyl (C=O) groups is 1. The van der Waals surface area contributed by atoms with Crippen LogP contribution < -0.4 is 10.1 Å². The molecule has 2 aromatic rings. The van der Waals surface area contributed by atoms with Crippen LogP contribution in [0.1, 0.15) is 19.8 Å². The molecule has 25 heavy (non-hydrogen) atoms. The predicted molar refractivity (Wildman–Crippen MR) is 95.3 cm³/mol. The Labute approximate surface area is 150 Å². The lowest BCUT2D eigenvalue weighted by Gasteiger charge is -2.23. The van der Waals surface area contributed by atoms with E-state index in [2.05, 4.69) is 10.3 Å². The van der Waals surface area contributed by atoms with Crippen LogP contribution in [-0.2, 0) is 14.8 Å². The van der Waals surface area contributed by atoms with Crippen LogP contribution in [0.15, 0.2) is 40.7 Å². The van der Waals surface area contributed by atoms with Gasteiger partial charge in [0.25, 0.3) is 0 Å². The Hall–Kier alpha value is -1.97. The highest BCUT2D eigenvalue weighted by molar-refractivity contribution is 7.89. The molecule has 1 aromatic heterocycles. The number of ether oxygens (including phenoxy) is 1. The summed E-state index contributed by atoms with van der Waals surface area (Å²) in [7, 11) is -3.74. The number of rotatable bonds is 6. The Morgan fingerprint density at radius 1 is 1.40 bits per heavy atom. The molecule has 2 heterocycles. The Kier molecular flexibility index (Phi) is 5.36. The fourth-order valence-corrected chi connectivity index (χ4v) is 4.96. The van der Waals surface area contributed by atoms with E-state index in [1.165, 1.54) is 27.8 Å². The Morgan fingerprint density at radius 3 is 2.80 bits per heavy atom. The van der Waals surface area contributed by atoms with Crippen molar-refractivity contribution in [1.82, 2.24) is 9.29 Å². The largest absolute Gasteiger partial charge is 0.494 e. The van der Waals surface area contributed by atoms with Gasteiger partial charge in [-0.1, -0.05) is 0 Å². The Morgan fingerprint density at radius 2 is 2.16 bits per heavy atom. The second kappa shape index (κ2) is 7.51. The summed E-state index contributed by atoms with van der Waals surface area (Å²) in [5.74, 6) is 0.267. The summed E-state index contributed by atoms with van der Waals surface area (Å²) in [4.78, 5) is 16.6. The molecular formula is C16H19N3O4S2. The molecule has 1 aromatic carbocycles. The van der Waals surface area contributed by atoms with Crippen LogP contribution in [0.2, 0.25) is 0 Å². The van der Waals surface area contributed by atoms with Crippen molar-refractivity contribution in [3.63, 3.8) is 0 Å². The summed E-state index contributed by atoms with van der Waals surface area (Å²) in [5, 5.41) is 4.90. The van der Waals surface area contributed by atoms with Crippen molar-refractivity contribution in [2.45, 2.75) is 30.7 Å². The average molecular weight is 381 g/mol. The zero-order valence-electron chi connectivity index (χ0n) is 13.7. The van der Waals surface area contributed by atoms with Gasteiger partial charge in [-0.05, 0) is 44.0 Å². The molecular weight excluding hydrogens is 362 g/mol. The van der Waals surface area contributed by atoms with Crippen molar-refractivity contribution in [1.29, 1.82) is 0 Å². The SMILES string of the molecule is CCOc1ccc(S(=O)(=O)N2CCC[C@@H]2C(=O)Nc2nccs2)cc1. The first kappa shape index (κ1) is 17.8. The monoisotopic (exact) mass is 381 g/mol. The van der Waals surface area contributed by atoms with Crippen molar-refractivity contribution >= 4 is 32.4 Å². The zero-order valence-corrected chi connectivity index (χ0v) is 15.3. The minimum absolute atomic E-state index is 0.157. The quantitative estimate of drug-likeness (QED) is 0.830. The maximum atomic E-state index is 12.9. The van der Waals surface area contributed by atoms with E-state index in [-0.39, 0.29) is 10.8 Å². The number of sulfonamides is 1. The third kappa shape index (κ3) is 3.83. The van der Waals surface area contributed by atoms with Gasteiger partial charge in [0.2, 0.25) is 15.9 Å². The number of nitrogens with zero attached hydrogens (tertiary/aromatic N) is 2. The summed E-state index contributed by atoms with van der Waals surface area (Å²) >= 11 is 1.30. The lowest BCUT2D eigenvalue weighted by Crippen LogP contribution is -2.43. The number of anilines is 1. The highest BCUT2D eigenvalue weighted by Gasteiger charge is 2.39. The molecule has 1 atom stereocenters. The number of carbonyl (C=O) groups excluding carboxylic acids is 1. The smallest absolute Gasteiger partial charge is 0.244 e. The third-order valence-corrected chi connectivity index (χ3v) is 6.52. The zero-order chi connectivity index (χ0) is 17.9. The molecule has 1 amide bonds. The standard InChI is InChI=1S/C16H19N3O4S2/c1-2-23-12-5-7-13(8-6-12)25(21,22)19-10-3-4-14(19)15(20)18-16-17-9-11-24-16/h5-9,11,14H,2-4,10H2,1H3,(H,17,18,20)/t14-/m1/s1. The van der Waals surface area contributed by atoms with Gasteiger partial charge in [-0.3, -0.25) is 4.79 Å². The Balaban J connectivity index is 1.79. The highest BCUT2D eigenvalue weighted by atomic mass is 32.2. The molecule has 0 saturated carbocycles. The van der Waals surface area contributed by atoms with E-state index in [1.807, 2.05) is 6.92 Å². The molecule has 1 aliphatic heterocycles. The Bertz CT molecular complexity index is 820. The van der Waals surface area contributed by atoms with Crippen LogP contribution in [-0.4, -0.2) is 42.8 Å². The van der Waals surface area contributed by atoms with Crippen molar-refractivity contribution in [2.24, 2.45) is 0 Å². The molecule has 7 nitrogen and oxygen atoms in total. The summed E-state index contributed by atoms with van der Waals surface area (Å²) in [6.07, 6.45) is 2.73. The first-order chi connectivity index (χ1) is 12.0. The molecule has 9 heteroatoms. The van der Waals surface area contributed by atoms with E-state index in [0.29, 0.717) is 36.9 Å². The molecule has 0 radical (unpaired) electrons. The molecule has 1 saturated heterocycles. The van der Waals surface area contributed by atoms with E-state index in [4.69, 9.17) is 4.74 Å². The first-order valence-electron chi connectivity index (χ1n) is 7.97. The lowest BCUT2D eigenvalue weighted by molar-refractivity contribution is -0.119. The van der Waals surface area contributed by atoms with Gasteiger partial charge in [-0.25, -0.2) is 13.4 Å². The van der Waals surface area contributed by atoms with Gasteiger partial charge in [0.05, 0.1) is 11.5 Å². The van der Waals surface area contributed by atoms with Gasteiger partial charge in [-0.2, -0.15) is 4.31 Å². The number of thiazole rings is 1. The van der Waals surface area contributed by atoms with Gasteiger partial charge in [-0.15, -0.1) is 11.3 Å². The van der Waals surface area contributed by atoms with Gasteiger partial charge in [0.1, 0.15) is 11.8 Å².